The SMILES string of the molecule is N#CC(C(=O)c1ccccc1-n1cccn1)c1nc2ccccc2s1. The van der Waals surface area contributed by atoms with Crippen LogP contribution in [0.1, 0.15) is 21.3 Å². The fourth-order valence-corrected chi connectivity index (χ4v) is 3.70. The van der Waals surface area contributed by atoms with Crippen LogP contribution >= 0.6 is 11.3 Å². The maximum atomic E-state index is 13.1. The van der Waals surface area contributed by atoms with Crippen LogP contribution in [-0.2, 0) is 0 Å². The Kier molecular flexibility index (Phi) is 3.84. The van der Waals surface area contributed by atoms with Gasteiger partial charge in [0.1, 0.15) is 5.01 Å². The van der Waals surface area contributed by atoms with Crippen LogP contribution in [0.2, 0.25) is 0 Å². The van der Waals surface area contributed by atoms with Crippen molar-refractivity contribution in [2.45, 2.75) is 5.92 Å². The molecule has 0 aliphatic rings. The van der Waals surface area contributed by atoms with Gasteiger partial charge >= 0.3 is 0 Å². The molecule has 4 aromatic rings. The Morgan fingerprint density at radius 1 is 1.12 bits per heavy atom. The fourth-order valence-electron chi connectivity index (χ4n) is 2.69. The number of hydrogen-bond donors (Lipinski definition) is 0. The standard InChI is InChI=1S/C19H12N4OS/c20-12-14(19-22-15-7-2-4-9-17(15)25-19)18(24)13-6-1-3-8-16(13)23-11-5-10-21-23/h1-11,14H. The average Bonchev–Trinajstić information content (AvgIpc) is 3.32. The number of thiazole rings is 1. The normalized spacial score (nSPS) is 12.0. The van der Waals surface area contributed by atoms with Crippen molar-refractivity contribution in [2.24, 2.45) is 0 Å². The van der Waals surface area contributed by atoms with Crippen molar-refractivity contribution in [3.8, 4) is 11.8 Å². The Hall–Kier alpha value is -3.30. The van der Waals surface area contributed by atoms with Gasteiger partial charge in [0, 0.05) is 18.0 Å². The second-order valence-corrected chi connectivity index (χ2v) is 6.48. The van der Waals surface area contributed by atoms with Crippen LogP contribution in [0.5, 0.6) is 0 Å². The topological polar surface area (TPSA) is 71.6 Å². The number of fused-ring (bicyclic) bond motifs is 1. The van der Waals surface area contributed by atoms with Gasteiger partial charge < -0.3 is 0 Å². The fraction of sp³-hybridized carbons (Fsp3) is 0.0526. The van der Waals surface area contributed by atoms with Gasteiger partial charge in [-0.05, 0) is 30.3 Å². The summed E-state index contributed by atoms with van der Waals surface area (Å²) >= 11 is 1.38. The van der Waals surface area contributed by atoms with E-state index in [2.05, 4.69) is 16.2 Å². The van der Waals surface area contributed by atoms with Gasteiger partial charge in [0.25, 0.3) is 0 Å². The predicted octanol–water partition coefficient (Wildman–Crippen LogP) is 3.97. The van der Waals surface area contributed by atoms with Gasteiger partial charge in [-0.1, -0.05) is 24.3 Å². The zero-order valence-corrected chi connectivity index (χ0v) is 13.9. The van der Waals surface area contributed by atoms with Crippen LogP contribution in [0.15, 0.2) is 67.0 Å². The van der Waals surface area contributed by atoms with E-state index in [4.69, 9.17) is 0 Å². The number of nitriles is 1. The van der Waals surface area contributed by atoms with Crippen molar-refractivity contribution in [3.63, 3.8) is 0 Å². The summed E-state index contributed by atoms with van der Waals surface area (Å²) in [4.78, 5) is 17.5. The number of carbonyl (C=O) groups is 1. The molecule has 0 saturated heterocycles. The molecule has 0 radical (unpaired) electrons. The lowest BCUT2D eigenvalue weighted by Crippen LogP contribution is -2.14. The molecule has 2 aromatic carbocycles. The van der Waals surface area contributed by atoms with E-state index in [1.165, 1.54) is 11.3 Å². The molecule has 4 rings (SSSR count). The van der Waals surface area contributed by atoms with Gasteiger partial charge in [-0.3, -0.25) is 4.79 Å². The first-order valence-corrected chi connectivity index (χ1v) is 8.48. The largest absolute Gasteiger partial charge is 0.292 e. The second kappa shape index (κ2) is 6.30. The first-order valence-electron chi connectivity index (χ1n) is 7.66. The van der Waals surface area contributed by atoms with Crippen LogP contribution in [0.4, 0.5) is 0 Å². The third kappa shape index (κ3) is 2.71. The highest BCUT2D eigenvalue weighted by atomic mass is 32.1. The van der Waals surface area contributed by atoms with Crippen molar-refractivity contribution in [3.05, 3.63) is 77.6 Å². The van der Waals surface area contributed by atoms with E-state index in [0.717, 1.165) is 10.2 Å². The summed E-state index contributed by atoms with van der Waals surface area (Å²) in [5.41, 5.74) is 1.91. The van der Waals surface area contributed by atoms with Gasteiger partial charge in [-0.15, -0.1) is 11.3 Å². The molecular weight excluding hydrogens is 332 g/mol. The number of rotatable bonds is 4. The molecule has 0 amide bonds. The monoisotopic (exact) mass is 344 g/mol. The number of Topliss-reactive ketones (excluding diaryl/α,β-unsaturated/α-hetero) is 1. The number of nitrogens with zero attached hydrogens (tertiary/aromatic N) is 4. The minimum absolute atomic E-state index is 0.271. The lowest BCUT2D eigenvalue weighted by molar-refractivity contribution is 0.0978. The number of ketones is 1. The molecule has 1 atom stereocenters. The zero-order chi connectivity index (χ0) is 17.2. The van der Waals surface area contributed by atoms with E-state index in [-0.39, 0.29) is 5.78 Å². The Morgan fingerprint density at radius 2 is 1.92 bits per heavy atom. The summed E-state index contributed by atoms with van der Waals surface area (Å²) in [6.45, 7) is 0. The number of para-hydroxylation sites is 2. The van der Waals surface area contributed by atoms with Crippen molar-refractivity contribution in [1.29, 1.82) is 5.26 Å². The maximum absolute atomic E-state index is 13.1. The molecule has 2 heterocycles. The summed E-state index contributed by atoms with van der Waals surface area (Å²) in [5, 5.41) is 14.3. The van der Waals surface area contributed by atoms with E-state index in [1.54, 1.807) is 35.3 Å². The molecule has 1 unspecified atom stereocenters. The molecular formula is C19H12N4OS. The molecule has 0 fully saturated rings. The van der Waals surface area contributed by atoms with Crippen LogP contribution in [-0.4, -0.2) is 20.5 Å². The highest BCUT2D eigenvalue weighted by Crippen LogP contribution is 2.30. The number of carbonyl (C=O) groups excluding carboxylic acids is 1. The maximum Gasteiger partial charge on any atom is 0.189 e. The third-order valence-electron chi connectivity index (χ3n) is 3.87. The first-order chi connectivity index (χ1) is 12.3. The highest BCUT2D eigenvalue weighted by Gasteiger charge is 2.27. The third-order valence-corrected chi connectivity index (χ3v) is 4.97. The molecule has 25 heavy (non-hydrogen) atoms. The lowest BCUT2D eigenvalue weighted by atomic mass is 9.98. The first kappa shape index (κ1) is 15.2. The summed E-state index contributed by atoms with van der Waals surface area (Å²) in [5.74, 6) is -1.21. The van der Waals surface area contributed by atoms with Crippen LogP contribution in [0, 0.1) is 11.3 Å². The number of hydrogen-bond acceptors (Lipinski definition) is 5. The molecule has 0 spiro atoms. The van der Waals surface area contributed by atoms with Crippen molar-refractivity contribution >= 4 is 27.3 Å². The van der Waals surface area contributed by atoms with Crippen LogP contribution in [0.3, 0.4) is 0 Å². The molecule has 0 bridgehead atoms. The summed E-state index contributed by atoms with van der Waals surface area (Å²) in [7, 11) is 0. The minimum atomic E-state index is -0.936. The van der Waals surface area contributed by atoms with E-state index in [1.807, 2.05) is 36.4 Å². The highest BCUT2D eigenvalue weighted by molar-refractivity contribution is 7.18. The summed E-state index contributed by atoms with van der Waals surface area (Å²) in [6.07, 6.45) is 3.42. The van der Waals surface area contributed by atoms with E-state index in [0.29, 0.717) is 16.3 Å². The molecule has 2 aromatic heterocycles. The molecule has 120 valence electrons. The second-order valence-electron chi connectivity index (χ2n) is 5.41. The molecule has 0 N–H and O–H groups in total. The lowest BCUT2D eigenvalue weighted by Gasteiger charge is -2.10. The molecule has 0 aliphatic carbocycles. The van der Waals surface area contributed by atoms with Gasteiger partial charge in [0.2, 0.25) is 0 Å². The van der Waals surface area contributed by atoms with Gasteiger partial charge in [0.05, 0.1) is 22.0 Å². The molecule has 5 nitrogen and oxygen atoms in total. The van der Waals surface area contributed by atoms with Crippen molar-refractivity contribution in [1.82, 2.24) is 14.8 Å². The minimum Gasteiger partial charge on any atom is -0.292 e. The van der Waals surface area contributed by atoms with E-state index < -0.39 is 5.92 Å². The van der Waals surface area contributed by atoms with Crippen molar-refractivity contribution in [2.75, 3.05) is 0 Å². The Morgan fingerprint density at radius 3 is 2.68 bits per heavy atom. The van der Waals surface area contributed by atoms with Crippen LogP contribution in [0.25, 0.3) is 15.9 Å². The Labute approximate surface area is 147 Å². The van der Waals surface area contributed by atoms with Gasteiger partial charge in [0.15, 0.2) is 11.7 Å². The molecule has 6 heteroatoms. The molecule has 0 aliphatic heterocycles. The van der Waals surface area contributed by atoms with E-state index >= 15 is 0 Å². The van der Waals surface area contributed by atoms with Crippen molar-refractivity contribution < 1.29 is 4.79 Å². The summed E-state index contributed by atoms with van der Waals surface area (Å²) < 4.78 is 2.59. The van der Waals surface area contributed by atoms with Gasteiger partial charge in [-0.2, -0.15) is 10.4 Å². The number of aromatic nitrogens is 3. The van der Waals surface area contributed by atoms with Crippen LogP contribution < -0.4 is 0 Å². The predicted molar refractivity (Wildman–Crippen MR) is 95.9 cm³/mol. The summed E-state index contributed by atoms with van der Waals surface area (Å²) in [6, 6.07) is 18.7. The average molecular weight is 344 g/mol. The number of benzene rings is 2. The Bertz CT molecular complexity index is 1060. The molecule has 0 saturated carbocycles. The van der Waals surface area contributed by atoms with Gasteiger partial charge in [-0.25, -0.2) is 9.67 Å². The zero-order valence-electron chi connectivity index (χ0n) is 13.0. The van der Waals surface area contributed by atoms with E-state index in [9.17, 15) is 10.1 Å². The smallest absolute Gasteiger partial charge is 0.189 e. The Balaban J connectivity index is 1.78. The quantitative estimate of drug-likeness (QED) is 0.525.